The molecule has 0 unspecified atom stereocenters. The van der Waals surface area contributed by atoms with Crippen molar-refractivity contribution in [3.63, 3.8) is 0 Å². The lowest BCUT2D eigenvalue weighted by atomic mass is 10.1. The first kappa shape index (κ1) is 18.1. The van der Waals surface area contributed by atoms with Crippen molar-refractivity contribution in [2.45, 2.75) is 25.8 Å². The zero-order valence-corrected chi connectivity index (χ0v) is 14.6. The number of aromatic carboxylic acids is 1. The van der Waals surface area contributed by atoms with E-state index < -0.39 is 17.7 Å². The van der Waals surface area contributed by atoms with Gasteiger partial charge in [-0.25, -0.2) is 9.18 Å². The van der Waals surface area contributed by atoms with Crippen LogP contribution in [0.15, 0.2) is 29.6 Å². The second-order valence-electron chi connectivity index (χ2n) is 5.98. The van der Waals surface area contributed by atoms with Crippen LogP contribution in [0, 0.1) is 5.82 Å². The van der Waals surface area contributed by atoms with Gasteiger partial charge in [0.2, 0.25) is 11.8 Å². The Morgan fingerprint density at radius 2 is 2.04 bits per heavy atom. The fraction of sp³-hybridized carbons (Fsp3) is 0.278. The summed E-state index contributed by atoms with van der Waals surface area (Å²) in [4.78, 5) is 38.1. The third-order valence-corrected chi connectivity index (χ3v) is 5.24. The summed E-state index contributed by atoms with van der Waals surface area (Å²) in [5, 5.41) is 13.2. The van der Waals surface area contributed by atoms with Crippen molar-refractivity contribution < 1.29 is 23.9 Å². The Morgan fingerprint density at radius 3 is 2.77 bits per heavy atom. The average Bonchev–Trinajstić information content (AvgIpc) is 3.09. The van der Waals surface area contributed by atoms with Crippen LogP contribution >= 0.6 is 11.3 Å². The highest BCUT2D eigenvalue weighted by molar-refractivity contribution is 7.10. The molecular formula is C18H17FN2O4S. The van der Waals surface area contributed by atoms with E-state index in [1.165, 1.54) is 17.0 Å². The van der Waals surface area contributed by atoms with E-state index in [1.807, 2.05) is 11.4 Å². The molecule has 2 heterocycles. The maximum Gasteiger partial charge on any atom is 0.335 e. The minimum Gasteiger partial charge on any atom is -0.478 e. The monoisotopic (exact) mass is 376 g/mol. The molecule has 0 saturated carbocycles. The zero-order valence-electron chi connectivity index (χ0n) is 13.8. The van der Waals surface area contributed by atoms with Crippen LogP contribution in [0.1, 0.15) is 33.6 Å². The minimum absolute atomic E-state index is 0.0418. The van der Waals surface area contributed by atoms with Crippen LogP contribution in [0.25, 0.3) is 0 Å². The van der Waals surface area contributed by atoms with Crippen molar-refractivity contribution in [1.82, 2.24) is 4.90 Å². The molecule has 0 fully saturated rings. The lowest BCUT2D eigenvalue weighted by molar-refractivity contribution is -0.133. The summed E-state index contributed by atoms with van der Waals surface area (Å²) in [6, 6.07) is 5.25. The Labute approximate surface area is 153 Å². The maximum atomic E-state index is 13.8. The molecule has 6 nitrogen and oxygen atoms in total. The maximum absolute atomic E-state index is 13.8. The Hall–Kier alpha value is -2.74. The molecule has 0 bridgehead atoms. The number of fused-ring (bicyclic) bond motifs is 1. The molecule has 0 aliphatic carbocycles. The Morgan fingerprint density at radius 1 is 1.23 bits per heavy atom. The highest BCUT2D eigenvalue weighted by Gasteiger charge is 2.22. The van der Waals surface area contributed by atoms with Crippen molar-refractivity contribution in [2.75, 3.05) is 11.9 Å². The van der Waals surface area contributed by atoms with Gasteiger partial charge in [0.1, 0.15) is 5.82 Å². The predicted molar refractivity (Wildman–Crippen MR) is 94.7 cm³/mol. The van der Waals surface area contributed by atoms with Gasteiger partial charge in [-0.3, -0.25) is 9.59 Å². The van der Waals surface area contributed by atoms with E-state index in [4.69, 9.17) is 5.11 Å². The molecule has 2 aromatic rings. The lowest BCUT2D eigenvalue weighted by Gasteiger charge is -2.27. The molecule has 0 atom stereocenters. The Kier molecular flexibility index (Phi) is 5.32. The summed E-state index contributed by atoms with van der Waals surface area (Å²) < 4.78 is 13.8. The molecule has 0 saturated heterocycles. The number of halogens is 1. The van der Waals surface area contributed by atoms with E-state index in [9.17, 15) is 18.8 Å². The first-order chi connectivity index (χ1) is 12.4. The van der Waals surface area contributed by atoms with Crippen LogP contribution in [0.2, 0.25) is 0 Å². The summed E-state index contributed by atoms with van der Waals surface area (Å²) >= 11 is 1.69. The highest BCUT2D eigenvalue weighted by atomic mass is 32.1. The normalized spacial score (nSPS) is 13.2. The number of anilines is 1. The van der Waals surface area contributed by atoms with Gasteiger partial charge in [0.05, 0.1) is 11.3 Å². The fourth-order valence-electron chi connectivity index (χ4n) is 2.80. The molecule has 1 aromatic heterocycles. The SMILES string of the molecule is O=C(CCC(=O)N1CCc2sccc2C1)Nc1ccc(C(=O)O)cc1F. The summed E-state index contributed by atoms with van der Waals surface area (Å²) in [5.74, 6) is -2.68. The molecule has 3 rings (SSSR count). The van der Waals surface area contributed by atoms with Crippen molar-refractivity contribution >= 4 is 34.8 Å². The first-order valence-electron chi connectivity index (χ1n) is 8.10. The molecule has 1 aliphatic heterocycles. The number of nitrogens with zero attached hydrogens (tertiary/aromatic N) is 1. The third kappa shape index (κ3) is 4.08. The van der Waals surface area contributed by atoms with Gasteiger partial charge in [-0.1, -0.05) is 0 Å². The molecule has 8 heteroatoms. The summed E-state index contributed by atoms with van der Waals surface area (Å²) in [6.07, 6.45) is 0.804. The molecule has 2 N–H and O–H groups in total. The number of hydrogen-bond donors (Lipinski definition) is 2. The van der Waals surface area contributed by atoms with E-state index in [0.29, 0.717) is 13.1 Å². The third-order valence-electron chi connectivity index (χ3n) is 4.22. The van der Waals surface area contributed by atoms with E-state index in [-0.39, 0.29) is 30.0 Å². The van der Waals surface area contributed by atoms with Crippen LogP contribution in [-0.4, -0.2) is 34.3 Å². The van der Waals surface area contributed by atoms with Gasteiger partial charge in [-0.05, 0) is 41.6 Å². The zero-order chi connectivity index (χ0) is 18.7. The number of carbonyl (C=O) groups is 3. The summed E-state index contributed by atoms with van der Waals surface area (Å²) in [5.41, 5.74) is 0.849. The molecule has 1 aromatic carbocycles. The molecule has 136 valence electrons. The number of thiophene rings is 1. The van der Waals surface area contributed by atoms with Crippen molar-refractivity contribution in [1.29, 1.82) is 0 Å². The van der Waals surface area contributed by atoms with E-state index in [0.717, 1.165) is 18.1 Å². The quantitative estimate of drug-likeness (QED) is 0.840. The van der Waals surface area contributed by atoms with Crippen LogP contribution < -0.4 is 5.32 Å². The van der Waals surface area contributed by atoms with Gasteiger partial charge in [-0.15, -0.1) is 11.3 Å². The number of benzene rings is 1. The standard InChI is InChI=1S/C18H17FN2O4S/c19-13-9-11(18(24)25)1-2-14(13)20-16(22)3-4-17(23)21-7-5-15-12(10-21)6-8-26-15/h1-2,6,8-9H,3-5,7,10H2,(H,20,22)(H,24,25). The van der Waals surface area contributed by atoms with Crippen molar-refractivity contribution in [3.05, 3.63) is 51.5 Å². The smallest absolute Gasteiger partial charge is 0.335 e. The van der Waals surface area contributed by atoms with Crippen LogP contribution in [0.3, 0.4) is 0 Å². The van der Waals surface area contributed by atoms with Crippen LogP contribution in [0.5, 0.6) is 0 Å². The Balaban J connectivity index is 1.51. The van der Waals surface area contributed by atoms with Gasteiger partial charge in [0.25, 0.3) is 0 Å². The number of hydrogen-bond acceptors (Lipinski definition) is 4. The molecule has 1 aliphatic rings. The molecule has 0 spiro atoms. The fourth-order valence-corrected chi connectivity index (χ4v) is 3.69. The number of nitrogens with one attached hydrogen (secondary N) is 1. The minimum atomic E-state index is -1.25. The summed E-state index contributed by atoms with van der Waals surface area (Å²) in [6.45, 7) is 1.20. The van der Waals surface area contributed by atoms with Crippen molar-refractivity contribution in [2.24, 2.45) is 0 Å². The van der Waals surface area contributed by atoms with Crippen LogP contribution in [0.4, 0.5) is 10.1 Å². The molecular weight excluding hydrogens is 359 g/mol. The number of carboxylic acids is 1. The van der Waals surface area contributed by atoms with E-state index >= 15 is 0 Å². The molecule has 2 amide bonds. The second-order valence-corrected chi connectivity index (χ2v) is 6.98. The lowest BCUT2D eigenvalue weighted by Crippen LogP contribution is -2.35. The largest absolute Gasteiger partial charge is 0.478 e. The van der Waals surface area contributed by atoms with E-state index in [2.05, 4.69) is 5.32 Å². The molecule has 26 heavy (non-hydrogen) atoms. The van der Waals surface area contributed by atoms with Gasteiger partial charge < -0.3 is 15.3 Å². The number of carbonyl (C=O) groups excluding carboxylic acids is 2. The molecule has 0 radical (unpaired) electrons. The number of amides is 2. The Bertz CT molecular complexity index is 865. The number of rotatable bonds is 5. The van der Waals surface area contributed by atoms with Gasteiger partial charge in [0.15, 0.2) is 0 Å². The van der Waals surface area contributed by atoms with E-state index in [1.54, 1.807) is 16.2 Å². The van der Waals surface area contributed by atoms with Gasteiger partial charge in [0, 0.05) is 30.8 Å². The average molecular weight is 376 g/mol. The van der Waals surface area contributed by atoms with Crippen LogP contribution in [-0.2, 0) is 22.6 Å². The topological polar surface area (TPSA) is 86.7 Å². The second kappa shape index (κ2) is 7.65. The summed E-state index contributed by atoms with van der Waals surface area (Å²) in [7, 11) is 0. The van der Waals surface area contributed by atoms with Gasteiger partial charge >= 0.3 is 5.97 Å². The van der Waals surface area contributed by atoms with Gasteiger partial charge in [-0.2, -0.15) is 0 Å². The highest BCUT2D eigenvalue weighted by Crippen LogP contribution is 2.24. The van der Waals surface area contributed by atoms with Crippen molar-refractivity contribution in [3.8, 4) is 0 Å². The first-order valence-corrected chi connectivity index (χ1v) is 8.97. The predicted octanol–water partition coefficient (Wildman–Crippen LogP) is 2.89. The number of carboxylic acid groups (broad SMARTS) is 1.